The maximum Gasteiger partial charge on any atom is 0.224 e. The molecule has 2 aliphatic carbocycles. The highest BCUT2D eigenvalue weighted by Gasteiger charge is 2.54. The van der Waals surface area contributed by atoms with Crippen LogP contribution in [0.25, 0.3) is 0 Å². The zero-order valence-electron chi connectivity index (χ0n) is 17.2. The summed E-state index contributed by atoms with van der Waals surface area (Å²) >= 11 is 1.98. The third-order valence-electron chi connectivity index (χ3n) is 7.23. The molecule has 3 unspecified atom stereocenters. The van der Waals surface area contributed by atoms with Gasteiger partial charge in [-0.3, -0.25) is 9.79 Å². The van der Waals surface area contributed by atoms with Gasteiger partial charge in [-0.2, -0.15) is 0 Å². The number of allylic oxidation sites excluding steroid dienone is 3. The summed E-state index contributed by atoms with van der Waals surface area (Å²) < 4.78 is 0.0536. The smallest absolute Gasteiger partial charge is 0.224 e. The van der Waals surface area contributed by atoms with E-state index in [4.69, 9.17) is 0 Å². The highest BCUT2D eigenvalue weighted by molar-refractivity contribution is 8.01. The second-order valence-corrected chi connectivity index (χ2v) is 10.5. The quantitative estimate of drug-likeness (QED) is 0.635. The number of carbonyl (C=O) groups is 1. The minimum absolute atomic E-state index is 0.0536. The van der Waals surface area contributed by atoms with E-state index in [1.54, 1.807) is 0 Å². The molecule has 1 N–H and O–H groups in total. The van der Waals surface area contributed by atoms with Crippen LogP contribution in [-0.4, -0.2) is 28.7 Å². The highest BCUT2D eigenvalue weighted by atomic mass is 32.2. The number of hydrogen-bond donors (Lipinski definition) is 1. The Morgan fingerprint density at radius 3 is 2.43 bits per heavy atom. The molecule has 2 heterocycles. The van der Waals surface area contributed by atoms with Crippen molar-refractivity contribution in [1.82, 2.24) is 5.32 Å². The van der Waals surface area contributed by atoms with Crippen LogP contribution >= 0.6 is 11.8 Å². The average Bonchev–Trinajstić information content (AvgIpc) is 3.08. The number of rotatable bonds is 2. The predicted octanol–water partition coefficient (Wildman–Crippen LogP) is 5.81. The zero-order valence-corrected chi connectivity index (χ0v) is 18.0. The molecule has 0 aromatic rings. The van der Waals surface area contributed by atoms with Crippen molar-refractivity contribution < 1.29 is 4.79 Å². The van der Waals surface area contributed by atoms with Gasteiger partial charge >= 0.3 is 0 Å². The lowest BCUT2D eigenvalue weighted by atomic mass is 9.73. The molecule has 1 amide bonds. The Balaban J connectivity index is 1.38. The molecule has 4 rings (SSSR count). The second kappa shape index (κ2) is 9.65. The van der Waals surface area contributed by atoms with E-state index in [1.807, 2.05) is 11.8 Å². The number of nitrogens with one attached hydrogen (secondary N) is 1. The summed E-state index contributed by atoms with van der Waals surface area (Å²) in [6, 6.07) is 0.381. The fourth-order valence-electron chi connectivity index (χ4n) is 5.55. The normalized spacial score (nSPS) is 34.5. The molecular weight excluding hydrogens is 364 g/mol. The predicted molar refractivity (Wildman–Crippen MR) is 120 cm³/mol. The molecule has 28 heavy (non-hydrogen) atoms. The minimum atomic E-state index is 0.0536. The number of hydrogen-bond acceptors (Lipinski definition) is 3. The molecule has 2 fully saturated rings. The van der Waals surface area contributed by atoms with Gasteiger partial charge in [0.2, 0.25) is 5.91 Å². The fourth-order valence-corrected chi connectivity index (χ4v) is 7.37. The van der Waals surface area contributed by atoms with Crippen LogP contribution in [0.5, 0.6) is 0 Å². The lowest BCUT2D eigenvalue weighted by Crippen LogP contribution is -2.45. The zero-order chi connectivity index (χ0) is 19.2. The Hall–Kier alpha value is -1.03. The summed E-state index contributed by atoms with van der Waals surface area (Å²) in [6.45, 7) is 0. The summed E-state index contributed by atoms with van der Waals surface area (Å²) in [6.07, 6.45) is 25.0. The van der Waals surface area contributed by atoms with Gasteiger partial charge in [0.1, 0.15) is 0 Å². The van der Waals surface area contributed by atoms with Crippen molar-refractivity contribution in [3.63, 3.8) is 0 Å². The van der Waals surface area contributed by atoms with E-state index in [-0.39, 0.29) is 10.7 Å². The maximum absolute atomic E-state index is 13.3. The van der Waals surface area contributed by atoms with Crippen molar-refractivity contribution in [2.45, 2.75) is 94.3 Å². The topological polar surface area (TPSA) is 41.5 Å². The fraction of sp³-hybridized carbons (Fsp3) is 0.750. The van der Waals surface area contributed by atoms with Gasteiger partial charge in [-0.25, -0.2) is 0 Å². The third kappa shape index (κ3) is 4.42. The van der Waals surface area contributed by atoms with Crippen LogP contribution in [0.1, 0.15) is 83.5 Å². The monoisotopic (exact) mass is 400 g/mol. The molecular formula is C24H36N2OS. The molecule has 1 saturated carbocycles. The molecule has 3 atom stereocenters. The van der Waals surface area contributed by atoms with Gasteiger partial charge in [0.25, 0.3) is 0 Å². The van der Waals surface area contributed by atoms with Gasteiger partial charge in [0.15, 0.2) is 0 Å². The van der Waals surface area contributed by atoms with E-state index in [9.17, 15) is 4.79 Å². The number of carbonyl (C=O) groups excluding carboxylic acids is 1. The van der Waals surface area contributed by atoms with Crippen molar-refractivity contribution in [2.75, 3.05) is 5.75 Å². The van der Waals surface area contributed by atoms with Crippen molar-refractivity contribution >= 4 is 23.9 Å². The van der Waals surface area contributed by atoms with Crippen LogP contribution in [0.15, 0.2) is 28.9 Å². The number of aliphatic imine (C=N–C) groups is 1. The van der Waals surface area contributed by atoms with Crippen molar-refractivity contribution in [2.24, 2.45) is 16.8 Å². The van der Waals surface area contributed by atoms with Crippen LogP contribution in [0.3, 0.4) is 0 Å². The molecule has 3 nitrogen and oxygen atoms in total. The van der Waals surface area contributed by atoms with Gasteiger partial charge in [-0.1, -0.05) is 69.9 Å². The van der Waals surface area contributed by atoms with Gasteiger partial charge in [0.05, 0.1) is 16.4 Å². The summed E-state index contributed by atoms with van der Waals surface area (Å²) in [4.78, 5) is 18.0. The molecule has 0 bridgehead atoms. The molecule has 1 saturated heterocycles. The van der Waals surface area contributed by atoms with Gasteiger partial charge in [-0.15, -0.1) is 11.8 Å². The Bertz CT molecular complexity index is 629. The van der Waals surface area contributed by atoms with Crippen molar-refractivity contribution in [3.8, 4) is 0 Å². The standard InChI is InChI=1S/C24H36N2OS/c27-23(26-19-12-8-6-4-2-1-3-5-7-9-13-19)20-18-28-24-16-11-10-14-22(24)25-17-15-21(20)24/h10-11,14,17,19-21H,1-9,12-13,15-16,18H2,(H,26,27). The SMILES string of the molecule is O=C(NC1CCCCCCCCCCC1)C1CSC23CC=CC=C2N=CCC13. The van der Waals surface area contributed by atoms with E-state index in [0.717, 1.165) is 31.4 Å². The Morgan fingerprint density at radius 1 is 1.04 bits per heavy atom. The lowest BCUT2D eigenvalue weighted by Gasteiger charge is -2.39. The van der Waals surface area contributed by atoms with Gasteiger partial charge < -0.3 is 5.32 Å². The Kier molecular flexibility index (Phi) is 6.98. The highest BCUT2D eigenvalue weighted by Crippen LogP contribution is 2.57. The van der Waals surface area contributed by atoms with Crippen LogP contribution in [0.4, 0.5) is 0 Å². The van der Waals surface area contributed by atoms with Gasteiger partial charge in [0, 0.05) is 18.0 Å². The van der Waals surface area contributed by atoms with Crippen molar-refractivity contribution in [3.05, 3.63) is 23.9 Å². The molecule has 154 valence electrons. The first-order valence-electron chi connectivity index (χ1n) is 11.6. The second-order valence-electron chi connectivity index (χ2n) is 9.11. The van der Waals surface area contributed by atoms with E-state index in [0.29, 0.717) is 17.9 Å². The third-order valence-corrected chi connectivity index (χ3v) is 8.95. The van der Waals surface area contributed by atoms with E-state index < -0.39 is 0 Å². The first-order valence-corrected chi connectivity index (χ1v) is 12.6. The minimum Gasteiger partial charge on any atom is -0.353 e. The van der Waals surface area contributed by atoms with E-state index in [1.165, 1.54) is 63.5 Å². The summed E-state index contributed by atoms with van der Waals surface area (Å²) in [7, 11) is 0. The average molecular weight is 401 g/mol. The van der Waals surface area contributed by atoms with Crippen LogP contribution < -0.4 is 5.32 Å². The van der Waals surface area contributed by atoms with Crippen LogP contribution in [-0.2, 0) is 4.79 Å². The Labute approximate surface area is 174 Å². The maximum atomic E-state index is 13.3. The number of thioether (sulfide) groups is 1. The van der Waals surface area contributed by atoms with E-state index >= 15 is 0 Å². The largest absolute Gasteiger partial charge is 0.353 e. The number of nitrogens with zero attached hydrogens (tertiary/aromatic N) is 1. The first-order chi connectivity index (χ1) is 13.8. The Morgan fingerprint density at radius 2 is 1.71 bits per heavy atom. The summed E-state index contributed by atoms with van der Waals surface area (Å²) in [5.74, 6) is 1.79. The molecule has 0 aromatic carbocycles. The molecule has 4 aliphatic rings. The van der Waals surface area contributed by atoms with Crippen LogP contribution in [0.2, 0.25) is 0 Å². The van der Waals surface area contributed by atoms with Gasteiger partial charge in [-0.05, 0) is 37.7 Å². The summed E-state index contributed by atoms with van der Waals surface area (Å²) in [5, 5.41) is 3.50. The van der Waals surface area contributed by atoms with Crippen molar-refractivity contribution in [1.29, 1.82) is 0 Å². The summed E-state index contributed by atoms with van der Waals surface area (Å²) in [5.41, 5.74) is 1.19. The molecule has 0 aromatic heterocycles. The number of amides is 1. The van der Waals surface area contributed by atoms with Crippen LogP contribution in [0, 0.1) is 11.8 Å². The lowest BCUT2D eigenvalue weighted by molar-refractivity contribution is -0.126. The molecule has 4 heteroatoms. The van der Waals surface area contributed by atoms with E-state index in [2.05, 4.69) is 34.8 Å². The first kappa shape index (κ1) is 20.3. The molecule has 1 spiro atoms. The molecule has 0 radical (unpaired) electrons. The molecule has 2 aliphatic heterocycles.